The van der Waals surface area contributed by atoms with Crippen molar-refractivity contribution in [1.82, 2.24) is 4.57 Å². The first kappa shape index (κ1) is 18.4. The number of aromatic nitrogens is 1. The molecule has 4 aromatic rings. The lowest BCUT2D eigenvalue weighted by Gasteiger charge is -2.14. The average molecular weight is 386 g/mol. The minimum Gasteiger partial charge on any atom is -0.459 e. The SMILES string of the molecule is N#Cc1ccc(COC(=O)Cn2c3ccccc3c(=O)c3ccccc32)c(F)c1. The number of ether oxygens (including phenoxy) is 1. The summed E-state index contributed by atoms with van der Waals surface area (Å²) in [6.07, 6.45) is 0. The lowest BCUT2D eigenvalue weighted by Crippen LogP contribution is -2.18. The van der Waals surface area contributed by atoms with Gasteiger partial charge < -0.3 is 9.30 Å². The maximum Gasteiger partial charge on any atom is 0.326 e. The zero-order chi connectivity index (χ0) is 20.4. The molecule has 5 nitrogen and oxygen atoms in total. The Bertz CT molecular complexity index is 1290. The van der Waals surface area contributed by atoms with Gasteiger partial charge in [-0.2, -0.15) is 5.26 Å². The summed E-state index contributed by atoms with van der Waals surface area (Å²) in [5.41, 5.74) is 1.53. The number of halogens is 1. The van der Waals surface area contributed by atoms with Crippen molar-refractivity contribution in [2.75, 3.05) is 0 Å². The van der Waals surface area contributed by atoms with Crippen molar-refractivity contribution in [3.05, 3.63) is 93.9 Å². The maximum atomic E-state index is 14.0. The Labute approximate surface area is 165 Å². The van der Waals surface area contributed by atoms with Crippen molar-refractivity contribution in [2.45, 2.75) is 13.2 Å². The van der Waals surface area contributed by atoms with E-state index in [0.29, 0.717) is 21.8 Å². The number of carbonyl (C=O) groups excluding carboxylic acids is 1. The highest BCUT2D eigenvalue weighted by Gasteiger charge is 2.14. The van der Waals surface area contributed by atoms with Gasteiger partial charge in [0.1, 0.15) is 19.0 Å². The lowest BCUT2D eigenvalue weighted by molar-refractivity contribution is -0.145. The number of hydrogen-bond donors (Lipinski definition) is 0. The third kappa shape index (κ3) is 3.46. The topological polar surface area (TPSA) is 72.1 Å². The van der Waals surface area contributed by atoms with Gasteiger partial charge in [0.2, 0.25) is 0 Å². The summed E-state index contributed by atoms with van der Waals surface area (Å²) in [4.78, 5) is 25.2. The van der Waals surface area contributed by atoms with Crippen LogP contribution in [0.15, 0.2) is 71.5 Å². The molecule has 4 rings (SSSR count). The van der Waals surface area contributed by atoms with Crippen molar-refractivity contribution < 1.29 is 13.9 Å². The number of nitrogens with zero attached hydrogens (tertiary/aromatic N) is 2. The van der Waals surface area contributed by atoms with Gasteiger partial charge in [0.25, 0.3) is 0 Å². The molecule has 142 valence electrons. The number of esters is 1. The monoisotopic (exact) mass is 386 g/mol. The average Bonchev–Trinajstić information content (AvgIpc) is 2.75. The van der Waals surface area contributed by atoms with Crippen LogP contribution in [0.2, 0.25) is 0 Å². The van der Waals surface area contributed by atoms with E-state index in [2.05, 4.69) is 0 Å². The second kappa shape index (κ2) is 7.56. The molecule has 0 saturated carbocycles. The predicted molar refractivity (Wildman–Crippen MR) is 107 cm³/mol. The number of hydrogen-bond acceptors (Lipinski definition) is 4. The number of rotatable bonds is 4. The molecule has 0 radical (unpaired) electrons. The zero-order valence-corrected chi connectivity index (χ0v) is 15.3. The molecule has 0 atom stereocenters. The fraction of sp³-hybridized carbons (Fsp3) is 0.0870. The molecule has 0 amide bonds. The summed E-state index contributed by atoms with van der Waals surface area (Å²) in [5.74, 6) is -1.16. The van der Waals surface area contributed by atoms with Crippen LogP contribution in [0, 0.1) is 17.1 Å². The van der Waals surface area contributed by atoms with E-state index in [9.17, 15) is 14.0 Å². The number of fused-ring (bicyclic) bond motifs is 2. The summed E-state index contributed by atoms with van der Waals surface area (Å²) in [7, 11) is 0. The lowest BCUT2D eigenvalue weighted by atomic mass is 10.1. The fourth-order valence-electron chi connectivity index (χ4n) is 3.31. The van der Waals surface area contributed by atoms with Crippen molar-refractivity contribution in [2.24, 2.45) is 0 Å². The smallest absolute Gasteiger partial charge is 0.326 e. The number of carbonyl (C=O) groups is 1. The van der Waals surface area contributed by atoms with Crippen molar-refractivity contribution in [3.8, 4) is 6.07 Å². The predicted octanol–water partition coefficient (Wildman–Crippen LogP) is 3.91. The minimum atomic E-state index is -0.601. The first-order valence-corrected chi connectivity index (χ1v) is 8.93. The molecule has 0 N–H and O–H groups in total. The molecule has 1 heterocycles. The van der Waals surface area contributed by atoms with E-state index in [1.54, 1.807) is 53.1 Å². The first-order valence-electron chi connectivity index (χ1n) is 8.93. The van der Waals surface area contributed by atoms with Crippen LogP contribution in [-0.2, 0) is 22.7 Å². The third-order valence-electron chi connectivity index (χ3n) is 4.74. The van der Waals surface area contributed by atoms with Gasteiger partial charge in [0.05, 0.1) is 22.7 Å². The number of nitriles is 1. The zero-order valence-electron chi connectivity index (χ0n) is 15.3. The molecule has 0 aliphatic heterocycles. The molecular formula is C23H15FN2O3. The third-order valence-corrected chi connectivity index (χ3v) is 4.74. The molecule has 1 aromatic heterocycles. The molecule has 0 bridgehead atoms. The Balaban J connectivity index is 1.65. The Morgan fingerprint density at radius 3 is 2.21 bits per heavy atom. The molecule has 0 unspecified atom stereocenters. The fourth-order valence-corrected chi connectivity index (χ4v) is 3.31. The van der Waals surface area contributed by atoms with Crippen LogP contribution in [0.4, 0.5) is 4.39 Å². The van der Waals surface area contributed by atoms with Gasteiger partial charge in [0, 0.05) is 16.3 Å². The van der Waals surface area contributed by atoms with Crippen molar-refractivity contribution in [3.63, 3.8) is 0 Å². The van der Waals surface area contributed by atoms with Crippen LogP contribution >= 0.6 is 0 Å². The van der Waals surface area contributed by atoms with Gasteiger partial charge in [-0.25, -0.2) is 4.39 Å². The molecule has 6 heteroatoms. The largest absolute Gasteiger partial charge is 0.459 e. The van der Waals surface area contributed by atoms with Crippen molar-refractivity contribution >= 4 is 27.8 Å². The van der Waals surface area contributed by atoms with Gasteiger partial charge in [-0.15, -0.1) is 0 Å². The van der Waals surface area contributed by atoms with Gasteiger partial charge >= 0.3 is 5.97 Å². The number of pyridine rings is 1. The number of benzene rings is 3. The van der Waals surface area contributed by atoms with E-state index >= 15 is 0 Å². The highest BCUT2D eigenvalue weighted by molar-refractivity contribution is 5.94. The molecule has 0 saturated heterocycles. The van der Waals surface area contributed by atoms with Gasteiger partial charge in [-0.1, -0.05) is 30.3 Å². The normalized spacial score (nSPS) is 10.8. The van der Waals surface area contributed by atoms with Gasteiger partial charge in [0.15, 0.2) is 5.43 Å². The van der Waals surface area contributed by atoms with Crippen molar-refractivity contribution in [1.29, 1.82) is 5.26 Å². The summed E-state index contributed by atoms with van der Waals surface area (Å²) in [6.45, 7) is -0.369. The quantitative estimate of drug-likeness (QED) is 0.394. The summed E-state index contributed by atoms with van der Waals surface area (Å²) in [5, 5.41) is 9.82. The van der Waals surface area contributed by atoms with Crippen LogP contribution in [0.1, 0.15) is 11.1 Å². The Morgan fingerprint density at radius 1 is 1.00 bits per heavy atom. The number of para-hydroxylation sites is 2. The molecule has 0 spiro atoms. The summed E-state index contributed by atoms with van der Waals surface area (Å²) in [6, 6.07) is 20.0. The van der Waals surface area contributed by atoms with E-state index in [0.717, 1.165) is 6.07 Å². The molecule has 0 aliphatic carbocycles. The summed E-state index contributed by atoms with van der Waals surface area (Å²) >= 11 is 0. The Morgan fingerprint density at radius 2 is 1.62 bits per heavy atom. The van der Waals surface area contributed by atoms with E-state index < -0.39 is 11.8 Å². The Kier molecular flexibility index (Phi) is 4.80. The maximum absolute atomic E-state index is 14.0. The first-order chi connectivity index (χ1) is 14.1. The van der Waals surface area contributed by atoms with Crippen LogP contribution in [-0.4, -0.2) is 10.5 Å². The van der Waals surface area contributed by atoms with E-state index in [1.807, 2.05) is 6.07 Å². The molecular weight excluding hydrogens is 371 g/mol. The highest BCUT2D eigenvalue weighted by Crippen LogP contribution is 2.19. The molecule has 0 aliphatic rings. The second-order valence-electron chi connectivity index (χ2n) is 6.53. The minimum absolute atomic E-state index is 0.0968. The Hall–Kier alpha value is -3.98. The molecule has 29 heavy (non-hydrogen) atoms. The van der Waals surface area contributed by atoms with Crippen LogP contribution in [0.5, 0.6) is 0 Å². The van der Waals surface area contributed by atoms with Gasteiger partial charge in [-0.3, -0.25) is 9.59 Å². The van der Waals surface area contributed by atoms with Crippen LogP contribution in [0.3, 0.4) is 0 Å². The van der Waals surface area contributed by atoms with Crippen LogP contribution in [0.25, 0.3) is 21.8 Å². The highest BCUT2D eigenvalue weighted by atomic mass is 19.1. The second-order valence-corrected chi connectivity index (χ2v) is 6.53. The van der Waals surface area contributed by atoms with Crippen LogP contribution < -0.4 is 5.43 Å². The standard InChI is InChI=1S/C23H15FN2O3/c24-19-11-15(12-25)9-10-16(19)14-29-22(27)13-26-20-7-3-1-5-17(20)23(28)18-6-2-4-8-21(18)26/h1-11H,13-14H2. The molecule has 3 aromatic carbocycles. The van der Waals surface area contributed by atoms with E-state index in [1.165, 1.54) is 12.1 Å². The van der Waals surface area contributed by atoms with E-state index in [4.69, 9.17) is 10.00 Å². The van der Waals surface area contributed by atoms with E-state index in [-0.39, 0.29) is 29.7 Å². The summed E-state index contributed by atoms with van der Waals surface area (Å²) < 4.78 is 21.0. The molecule has 0 fully saturated rings. The van der Waals surface area contributed by atoms with Gasteiger partial charge in [-0.05, 0) is 36.4 Å².